The highest BCUT2D eigenvalue weighted by atomic mass is 16.5. The lowest BCUT2D eigenvalue weighted by molar-refractivity contribution is -0.121. The molecule has 2 heterocycles. The maximum Gasteiger partial charge on any atom is 0.227 e. The highest BCUT2D eigenvalue weighted by Gasteiger charge is 2.17. The van der Waals surface area contributed by atoms with Crippen molar-refractivity contribution >= 4 is 16.9 Å². The lowest BCUT2D eigenvalue weighted by atomic mass is 10.2. The molecule has 1 unspecified atom stereocenters. The summed E-state index contributed by atoms with van der Waals surface area (Å²) >= 11 is 0. The van der Waals surface area contributed by atoms with Gasteiger partial charge >= 0.3 is 0 Å². The van der Waals surface area contributed by atoms with Gasteiger partial charge in [-0.2, -0.15) is 4.98 Å². The second-order valence-corrected chi connectivity index (χ2v) is 7.51. The van der Waals surface area contributed by atoms with Crippen LogP contribution in [0.15, 0.2) is 57.5 Å². The Morgan fingerprint density at radius 3 is 2.64 bits per heavy atom. The molecular formula is C25H27N3O5. The Balaban J connectivity index is 1.33. The normalized spacial score (nSPS) is 12.0. The number of aromatic nitrogens is 2. The molecule has 0 saturated heterocycles. The molecule has 4 aromatic rings. The van der Waals surface area contributed by atoms with Crippen LogP contribution in [0.25, 0.3) is 22.4 Å². The van der Waals surface area contributed by atoms with Crippen LogP contribution in [0, 0.1) is 0 Å². The number of hydrogen-bond donors (Lipinski definition) is 1. The van der Waals surface area contributed by atoms with Gasteiger partial charge in [0.05, 0.1) is 19.3 Å². The van der Waals surface area contributed by atoms with Crippen LogP contribution in [0.1, 0.15) is 44.9 Å². The van der Waals surface area contributed by atoms with Crippen LogP contribution in [-0.2, 0) is 11.2 Å². The van der Waals surface area contributed by atoms with Crippen molar-refractivity contribution < 1.29 is 23.2 Å². The number of carbonyl (C=O) groups is 1. The number of rotatable bonds is 10. The van der Waals surface area contributed by atoms with Crippen molar-refractivity contribution in [3.8, 4) is 22.9 Å². The zero-order valence-corrected chi connectivity index (χ0v) is 19.0. The van der Waals surface area contributed by atoms with Gasteiger partial charge in [-0.3, -0.25) is 4.79 Å². The van der Waals surface area contributed by atoms with Crippen molar-refractivity contribution in [1.82, 2.24) is 15.5 Å². The Morgan fingerprint density at radius 1 is 1.09 bits per heavy atom. The maximum absolute atomic E-state index is 12.5. The van der Waals surface area contributed by atoms with Gasteiger partial charge in [-0.25, -0.2) is 0 Å². The van der Waals surface area contributed by atoms with Crippen LogP contribution >= 0.6 is 0 Å². The topological polar surface area (TPSA) is 99.6 Å². The number of furan rings is 1. The molecule has 0 radical (unpaired) electrons. The molecule has 8 heteroatoms. The van der Waals surface area contributed by atoms with E-state index in [1.54, 1.807) is 0 Å². The van der Waals surface area contributed by atoms with Gasteiger partial charge in [0.15, 0.2) is 11.3 Å². The van der Waals surface area contributed by atoms with E-state index in [2.05, 4.69) is 15.5 Å². The first-order valence-corrected chi connectivity index (χ1v) is 11.1. The third kappa shape index (κ3) is 5.34. The van der Waals surface area contributed by atoms with Crippen molar-refractivity contribution in [3.05, 3.63) is 60.2 Å². The number of ether oxygens (including phenoxy) is 2. The average molecular weight is 450 g/mol. The third-order valence-corrected chi connectivity index (χ3v) is 5.09. The van der Waals surface area contributed by atoms with Crippen LogP contribution in [0.5, 0.6) is 11.5 Å². The minimum Gasteiger partial charge on any atom is -0.494 e. The predicted octanol–water partition coefficient (Wildman–Crippen LogP) is 5.09. The molecule has 0 aliphatic rings. The van der Waals surface area contributed by atoms with Gasteiger partial charge in [0.25, 0.3) is 0 Å². The van der Waals surface area contributed by atoms with Crippen molar-refractivity contribution in [2.45, 2.75) is 39.7 Å². The van der Waals surface area contributed by atoms with E-state index in [0.717, 1.165) is 16.7 Å². The molecule has 0 fully saturated rings. The lowest BCUT2D eigenvalue weighted by Gasteiger charge is -2.10. The molecule has 0 aliphatic carbocycles. The Kier molecular flexibility index (Phi) is 6.92. The first-order chi connectivity index (χ1) is 16.1. The van der Waals surface area contributed by atoms with Gasteiger partial charge in [-0.1, -0.05) is 17.3 Å². The number of hydrogen-bond acceptors (Lipinski definition) is 7. The predicted molar refractivity (Wildman–Crippen MR) is 123 cm³/mol. The van der Waals surface area contributed by atoms with Crippen molar-refractivity contribution in [2.75, 3.05) is 13.2 Å². The summed E-state index contributed by atoms with van der Waals surface area (Å²) in [6.07, 6.45) is 0.566. The highest BCUT2D eigenvalue weighted by molar-refractivity contribution is 5.84. The summed E-state index contributed by atoms with van der Waals surface area (Å²) < 4.78 is 22.3. The molecule has 1 atom stereocenters. The number of carbonyl (C=O) groups excluding carboxylic acids is 1. The number of fused-ring (bicyclic) bond motifs is 1. The first-order valence-electron chi connectivity index (χ1n) is 11.1. The van der Waals surface area contributed by atoms with Gasteiger partial charge < -0.3 is 23.7 Å². The van der Waals surface area contributed by atoms with E-state index in [4.69, 9.17) is 18.4 Å². The van der Waals surface area contributed by atoms with Gasteiger partial charge in [0.2, 0.25) is 17.6 Å². The van der Waals surface area contributed by atoms with Crippen molar-refractivity contribution in [3.63, 3.8) is 0 Å². The van der Waals surface area contributed by atoms with Crippen LogP contribution in [0.4, 0.5) is 0 Å². The molecule has 172 valence electrons. The summed E-state index contributed by atoms with van der Waals surface area (Å²) in [7, 11) is 0. The Hall–Kier alpha value is -3.81. The third-order valence-electron chi connectivity index (χ3n) is 5.09. The molecule has 8 nitrogen and oxygen atoms in total. The maximum atomic E-state index is 12.5. The summed E-state index contributed by atoms with van der Waals surface area (Å²) in [5.41, 5.74) is 1.51. The minimum atomic E-state index is -0.290. The average Bonchev–Trinajstić information content (AvgIpc) is 3.47. The minimum absolute atomic E-state index is 0.131. The fourth-order valence-electron chi connectivity index (χ4n) is 3.48. The first kappa shape index (κ1) is 22.4. The molecule has 0 spiro atoms. The smallest absolute Gasteiger partial charge is 0.227 e. The second kappa shape index (κ2) is 10.2. The fourth-order valence-corrected chi connectivity index (χ4v) is 3.48. The van der Waals surface area contributed by atoms with E-state index in [-0.39, 0.29) is 18.4 Å². The molecule has 1 N–H and O–H groups in total. The molecule has 0 aliphatic heterocycles. The molecular weight excluding hydrogens is 422 g/mol. The Bertz CT molecular complexity index is 1210. The highest BCUT2D eigenvalue weighted by Crippen LogP contribution is 2.31. The number of amides is 1. The molecule has 0 bridgehead atoms. The van der Waals surface area contributed by atoms with Crippen LogP contribution in [0.3, 0.4) is 0 Å². The van der Waals surface area contributed by atoms with Gasteiger partial charge in [0, 0.05) is 23.8 Å². The number of benzene rings is 2. The van der Waals surface area contributed by atoms with E-state index in [9.17, 15) is 4.79 Å². The van der Waals surface area contributed by atoms with Crippen molar-refractivity contribution in [2.24, 2.45) is 0 Å². The molecule has 33 heavy (non-hydrogen) atoms. The number of nitrogens with one attached hydrogen (secondary N) is 1. The number of para-hydroxylation sites is 1. The zero-order chi connectivity index (χ0) is 23.2. The quantitative estimate of drug-likeness (QED) is 0.360. The van der Waals surface area contributed by atoms with Crippen LogP contribution in [0.2, 0.25) is 0 Å². The molecule has 4 rings (SSSR count). The van der Waals surface area contributed by atoms with E-state index in [1.807, 2.05) is 69.3 Å². The summed E-state index contributed by atoms with van der Waals surface area (Å²) in [6, 6.07) is 14.8. The largest absolute Gasteiger partial charge is 0.494 e. The van der Waals surface area contributed by atoms with Crippen LogP contribution in [-0.4, -0.2) is 29.3 Å². The molecule has 2 aromatic heterocycles. The van der Waals surface area contributed by atoms with Gasteiger partial charge in [-0.05, 0) is 57.2 Å². The van der Waals surface area contributed by atoms with E-state index >= 15 is 0 Å². The summed E-state index contributed by atoms with van der Waals surface area (Å²) in [6.45, 7) is 6.91. The van der Waals surface area contributed by atoms with Crippen molar-refractivity contribution in [1.29, 1.82) is 0 Å². The molecule has 1 amide bonds. The van der Waals surface area contributed by atoms with E-state index in [1.165, 1.54) is 0 Å². The monoisotopic (exact) mass is 449 g/mol. The fraction of sp³-hybridized carbons (Fsp3) is 0.320. The summed E-state index contributed by atoms with van der Waals surface area (Å²) in [5, 5.41) is 7.90. The Morgan fingerprint density at radius 2 is 1.88 bits per heavy atom. The SMILES string of the molecule is CCOc1ccc(-c2noc(CCC(=O)NC(C)c3cc4cccc(OCC)c4o3)n2)cc1. The van der Waals surface area contributed by atoms with E-state index in [0.29, 0.717) is 48.4 Å². The molecule has 0 saturated carbocycles. The Labute approximate surface area is 191 Å². The lowest BCUT2D eigenvalue weighted by Crippen LogP contribution is -2.26. The molecule has 2 aromatic carbocycles. The van der Waals surface area contributed by atoms with Gasteiger partial charge in [0.1, 0.15) is 11.5 Å². The number of nitrogens with zero attached hydrogens (tertiary/aromatic N) is 2. The van der Waals surface area contributed by atoms with E-state index < -0.39 is 0 Å². The summed E-state index contributed by atoms with van der Waals surface area (Å²) in [4.78, 5) is 16.9. The number of aryl methyl sites for hydroxylation is 1. The summed E-state index contributed by atoms with van der Waals surface area (Å²) in [5.74, 6) is 2.91. The zero-order valence-electron chi connectivity index (χ0n) is 19.0. The standard InChI is InChI=1S/C25H27N3O5/c1-4-30-19-11-9-17(10-12-19)25-27-23(33-28-25)14-13-22(29)26-16(3)21-15-18-7-6-8-20(31-5-2)24(18)32-21/h6-12,15-16H,4-5,13-14H2,1-3H3,(H,26,29). The van der Waals surface area contributed by atoms with Crippen LogP contribution < -0.4 is 14.8 Å². The van der Waals surface area contributed by atoms with Gasteiger partial charge in [-0.15, -0.1) is 0 Å². The second-order valence-electron chi connectivity index (χ2n) is 7.51.